The first kappa shape index (κ1) is 32.2. The van der Waals surface area contributed by atoms with E-state index < -0.39 is 28.9 Å². The Balaban J connectivity index is 1.06. The molecular weight excluding hydrogens is 641 g/mol. The molecular formula is C36H31F3N4O6. The summed E-state index contributed by atoms with van der Waals surface area (Å²) in [5, 5.41) is 2.87. The highest BCUT2D eigenvalue weighted by Gasteiger charge is 2.27. The van der Waals surface area contributed by atoms with Gasteiger partial charge in [0.2, 0.25) is 0 Å². The van der Waals surface area contributed by atoms with E-state index in [2.05, 4.69) is 15.2 Å². The number of benzene rings is 3. The second kappa shape index (κ2) is 14.0. The number of morpholine rings is 1. The standard InChI is InChI=1S/C36H31F3N4O6/c37-23-2-5-25(6-3-23)43-21-22-9-15-48-34(22)33(36(43)45)35(44)41-24-4-7-31(27(38)18-24)49-30-8-10-40-29-20-32(28(39)19-26(29)30)47-14-1-11-42-12-16-46-17-13-42/h2-8,10,18-21H,1,9,11-17H2,(H,41,44). The number of nitrogens with zero attached hydrogens (tertiary/aromatic N) is 3. The van der Waals surface area contributed by atoms with Gasteiger partial charge in [-0.1, -0.05) is 0 Å². The summed E-state index contributed by atoms with van der Waals surface area (Å²) in [6.45, 7) is 4.56. The molecule has 0 radical (unpaired) electrons. The molecule has 10 nitrogen and oxygen atoms in total. The molecule has 5 aromatic rings. The number of hydrogen-bond acceptors (Lipinski definition) is 8. The first-order valence-electron chi connectivity index (χ1n) is 15.8. The van der Waals surface area contributed by atoms with Crippen LogP contribution in [0.1, 0.15) is 22.3 Å². The zero-order valence-corrected chi connectivity index (χ0v) is 26.2. The van der Waals surface area contributed by atoms with Crippen molar-refractivity contribution in [2.24, 2.45) is 0 Å². The van der Waals surface area contributed by atoms with Crippen LogP contribution in [0.2, 0.25) is 0 Å². The summed E-state index contributed by atoms with van der Waals surface area (Å²) in [4.78, 5) is 33.4. The second-order valence-electron chi connectivity index (χ2n) is 11.6. The Bertz CT molecular complexity index is 2080. The quantitative estimate of drug-likeness (QED) is 0.184. The second-order valence-corrected chi connectivity index (χ2v) is 11.6. The minimum atomic E-state index is -0.818. The molecule has 0 aliphatic carbocycles. The van der Waals surface area contributed by atoms with Gasteiger partial charge in [-0.2, -0.15) is 0 Å². The van der Waals surface area contributed by atoms with Crippen molar-refractivity contribution in [2.45, 2.75) is 12.8 Å². The van der Waals surface area contributed by atoms with Crippen LogP contribution in [0.4, 0.5) is 18.9 Å². The summed E-state index contributed by atoms with van der Waals surface area (Å²) in [6.07, 6.45) is 4.22. The van der Waals surface area contributed by atoms with Crippen LogP contribution in [-0.4, -0.2) is 66.4 Å². The summed E-state index contributed by atoms with van der Waals surface area (Å²) in [5.41, 5.74) is 0.519. The lowest BCUT2D eigenvalue weighted by Crippen LogP contribution is -2.37. The lowest BCUT2D eigenvalue weighted by Gasteiger charge is -2.26. The van der Waals surface area contributed by atoms with Gasteiger partial charge < -0.3 is 24.3 Å². The predicted octanol–water partition coefficient (Wildman–Crippen LogP) is 5.88. The number of halogens is 3. The fourth-order valence-corrected chi connectivity index (χ4v) is 5.84. The Morgan fingerprint density at radius 3 is 2.51 bits per heavy atom. The van der Waals surface area contributed by atoms with E-state index in [-0.39, 0.29) is 40.9 Å². The van der Waals surface area contributed by atoms with Gasteiger partial charge in [-0.15, -0.1) is 0 Å². The maximum Gasteiger partial charge on any atom is 0.271 e. The van der Waals surface area contributed by atoms with E-state index in [4.69, 9.17) is 18.9 Å². The third kappa shape index (κ3) is 6.94. The fraction of sp³-hybridized carbons (Fsp3) is 0.250. The van der Waals surface area contributed by atoms with Crippen molar-refractivity contribution in [2.75, 3.05) is 51.4 Å². The van der Waals surface area contributed by atoms with E-state index in [0.717, 1.165) is 32.1 Å². The van der Waals surface area contributed by atoms with Gasteiger partial charge in [-0.25, -0.2) is 13.2 Å². The summed E-state index contributed by atoms with van der Waals surface area (Å²) in [7, 11) is 0. The molecule has 7 rings (SSSR count). The number of carbonyl (C=O) groups excluding carboxylic acids is 1. The molecule has 0 bridgehead atoms. The monoisotopic (exact) mass is 672 g/mol. The van der Waals surface area contributed by atoms with Gasteiger partial charge in [0.15, 0.2) is 23.1 Å². The molecule has 0 unspecified atom stereocenters. The fourth-order valence-electron chi connectivity index (χ4n) is 5.84. The highest BCUT2D eigenvalue weighted by molar-refractivity contribution is 6.06. The number of ether oxygens (including phenoxy) is 4. The highest BCUT2D eigenvalue weighted by Crippen LogP contribution is 2.35. The van der Waals surface area contributed by atoms with E-state index in [9.17, 15) is 14.0 Å². The van der Waals surface area contributed by atoms with Crippen molar-refractivity contribution in [1.82, 2.24) is 14.5 Å². The van der Waals surface area contributed by atoms with Crippen LogP contribution in [0.25, 0.3) is 16.6 Å². The third-order valence-electron chi connectivity index (χ3n) is 8.33. The van der Waals surface area contributed by atoms with E-state index in [1.165, 1.54) is 65.4 Å². The molecule has 13 heteroatoms. The maximum atomic E-state index is 15.3. The van der Waals surface area contributed by atoms with Crippen LogP contribution in [0.15, 0.2) is 77.9 Å². The summed E-state index contributed by atoms with van der Waals surface area (Å²) >= 11 is 0. The Morgan fingerprint density at radius 2 is 1.71 bits per heavy atom. The van der Waals surface area contributed by atoms with Crippen LogP contribution in [-0.2, 0) is 11.2 Å². The third-order valence-corrected chi connectivity index (χ3v) is 8.33. The molecule has 1 amide bonds. The van der Waals surface area contributed by atoms with Crippen molar-refractivity contribution >= 4 is 22.5 Å². The van der Waals surface area contributed by atoms with Crippen LogP contribution in [0.5, 0.6) is 23.0 Å². The molecule has 2 aromatic heterocycles. The molecule has 1 saturated heterocycles. The Morgan fingerprint density at radius 1 is 0.918 bits per heavy atom. The molecule has 3 aromatic carbocycles. The van der Waals surface area contributed by atoms with Gasteiger partial charge in [0, 0.05) is 72.9 Å². The summed E-state index contributed by atoms with van der Waals surface area (Å²) in [5.74, 6) is -2.50. The molecule has 252 valence electrons. The first-order valence-corrected chi connectivity index (χ1v) is 15.8. The van der Waals surface area contributed by atoms with Crippen LogP contribution < -0.4 is 25.1 Å². The van der Waals surface area contributed by atoms with Crippen molar-refractivity contribution < 1.29 is 36.9 Å². The number of amides is 1. The zero-order chi connectivity index (χ0) is 33.9. The minimum absolute atomic E-state index is 0.0548. The number of anilines is 1. The number of aromatic nitrogens is 2. The number of rotatable bonds is 10. The van der Waals surface area contributed by atoms with Crippen molar-refractivity contribution in [3.05, 3.63) is 112 Å². The normalized spacial score (nSPS) is 14.3. The lowest BCUT2D eigenvalue weighted by atomic mass is 10.1. The highest BCUT2D eigenvalue weighted by atomic mass is 19.1. The molecule has 1 fully saturated rings. The molecule has 4 heterocycles. The molecule has 2 aliphatic heterocycles. The smallest absolute Gasteiger partial charge is 0.271 e. The van der Waals surface area contributed by atoms with Gasteiger partial charge >= 0.3 is 0 Å². The molecule has 1 N–H and O–H groups in total. The van der Waals surface area contributed by atoms with E-state index in [0.29, 0.717) is 48.4 Å². The number of hydrogen-bond donors (Lipinski definition) is 1. The van der Waals surface area contributed by atoms with Gasteiger partial charge in [0.25, 0.3) is 11.5 Å². The first-order chi connectivity index (χ1) is 23.8. The zero-order valence-electron chi connectivity index (χ0n) is 26.2. The number of fused-ring (bicyclic) bond motifs is 2. The number of carbonyl (C=O) groups is 1. The van der Waals surface area contributed by atoms with Crippen molar-refractivity contribution in [1.29, 1.82) is 0 Å². The Labute approximate surface area is 278 Å². The van der Waals surface area contributed by atoms with Gasteiger partial charge in [0.05, 0.1) is 31.9 Å². The Hall–Kier alpha value is -5.40. The average Bonchev–Trinajstić information content (AvgIpc) is 3.57. The summed E-state index contributed by atoms with van der Waals surface area (Å²) in [6, 6.07) is 13.2. The van der Waals surface area contributed by atoms with E-state index in [1.807, 2.05) is 0 Å². The SMILES string of the molecule is O=C(Nc1ccc(Oc2ccnc3cc(OCCCN4CCOCC4)c(F)cc23)c(F)c1)c1c2c(cn(-c3ccc(F)cc3)c1=O)CCO2. The van der Waals surface area contributed by atoms with E-state index in [1.54, 1.807) is 6.20 Å². The molecule has 0 saturated carbocycles. The van der Waals surface area contributed by atoms with Crippen LogP contribution >= 0.6 is 0 Å². The van der Waals surface area contributed by atoms with Gasteiger partial charge in [0.1, 0.15) is 22.9 Å². The van der Waals surface area contributed by atoms with Gasteiger partial charge in [-0.05, 0) is 55.0 Å². The molecule has 2 aliphatic rings. The maximum absolute atomic E-state index is 15.3. The number of nitrogens with one attached hydrogen (secondary N) is 1. The predicted molar refractivity (Wildman–Crippen MR) is 175 cm³/mol. The van der Waals surface area contributed by atoms with E-state index >= 15 is 8.78 Å². The van der Waals surface area contributed by atoms with Crippen molar-refractivity contribution in [3.63, 3.8) is 0 Å². The summed E-state index contributed by atoms with van der Waals surface area (Å²) < 4.78 is 67.7. The Kier molecular flexibility index (Phi) is 9.18. The largest absolute Gasteiger partial charge is 0.492 e. The van der Waals surface area contributed by atoms with Crippen molar-refractivity contribution in [3.8, 4) is 28.7 Å². The number of pyridine rings is 2. The lowest BCUT2D eigenvalue weighted by molar-refractivity contribution is 0.0357. The minimum Gasteiger partial charge on any atom is -0.492 e. The molecule has 49 heavy (non-hydrogen) atoms. The van der Waals surface area contributed by atoms with Crippen LogP contribution in [0, 0.1) is 17.5 Å². The van der Waals surface area contributed by atoms with Gasteiger partial charge in [-0.3, -0.25) is 24.0 Å². The topological polar surface area (TPSA) is 104 Å². The molecule has 0 spiro atoms. The van der Waals surface area contributed by atoms with Crippen LogP contribution in [0.3, 0.4) is 0 Å². The average molecular weight is 673 g/mol. The molecule has 0 atom stereocenters.